The number of para-hydroxylation sites is 1. The molecule has 1 unspecified atom stereocenters. The monoisotopic (exact) mass is 309 g/mol. The van der Waals surface area contributed by atoms with Crippen LogP contribution >= 0.6 is 0 Å². The molecule has 1 aromatic heterocycles. The number of rotatable bonds is 6. The normalized spacial score (nSPS) is 11.1. The van der Waals surface area contributed by atoms with Crippen molar-refractivity contribution in [1.29, 1.82) is 5.26 Å². The van der Waals surface area contributed by atoms with Crippen LogP contribution in [-0.2, 0) is 9.59 Å². The zero-order valence-electron chi connectivity index (χ0n) is 12.5. The van der Waals surface area contributed by atoms with Crippen LogP contribution in [0.4, 0.5) is 5.82 Å². The molecular formula is C17H15N3O3. The molecule has 2 aromatic rings. The Balaban J connectivity index is 1.97. The van der Waals surface area contributed by atoms with E-state index in [2.05, 4.69) is 10.3 Å². The van der Waals surface area contributed by atoms with Crippen molar-refractivity contribution in [3.8, 4) is 11.8 Å². The first-order valence-electron chi connectivity index (χ1n) is 6.94. The first kappa shape index (κ1) is 16.2. The molecule has 0 saturated carbocycles. The van der Waals surface area contributed by atoms with Crippen molar-refractivity contribution in [2.24, 2.45) is 5.92 Å². The second-order valence-electron chi connectivity index (χ2n) is 4.79. The highest BCUT2D eigenvalue weighted by molar-refractivity contribution is 6.09. The van der Waals surface area contributed by atoms with Gasteiger partial charge in [-0.15, -0.1) is 0 Å². The van der Waals surface area contributed by atoms with E-state index in [9.17, 15) is 9.59 Å². The van der Waals surface area contributed by atoms with Crippen LogP contribution in [0.2, 0.25) is 0 Å². The van der Waals surface area contributed by atoms with Gasteiger partial charge < -0.3 is 10.1 Å². The van der Waals surface area contributed by atoms with Crippen molar-refractivity contribution in [2.45, 2.75) is 6.92 Å². The van der Waals surface area contributed by atoms with Crippen LogP contribution < -0.4 is 10.1 Å². The smallest absolute Gasteiger partial charge is 0.250 e. The number of ketones is 1. The number of hydrogen-bond acceptors (Lipinski definition) is 5. The Hall–Kier alpha value is -3.20. The molecule has 6 heteroatoms. The van der Waals surface area contributed by atoms with E-state index in [-0.39, 0.29) is 12.4 Å². The first-order chi connectivity index (χ1) is 11.1. The minimum Gasteiger partial charge on any atom is -0.485 e. The molecular weight excluding hydrogens is 294 g/mol. The largest absolute Gasteiger partial charge is 0.485 e. The van der Waals surface area contributed by atoms with Gasteiger partial charge >= 0.3 is 0 Å². The summed E-state index contributed by atoms with van der Waals surface area (Å²) in [7, 11) is 0. The van der Waals surface area contributed by atoms with E-state index >= 15 is 0 Å². The van der Waals surface area contributed by atoms with Crippen molar-refractivity contribution in [2.75, 3.05) is 11.9 Å². The van der Waals surface area contributed by atoms with Crippen LogP contribution in [0.25, 0.3) is 0 Å². The van der Waals surface area contributed by atoms with Gasteiger partial charge in [-0.25, -0.2) is 4.98 Å². The number of nitriles is 1. The third kappa shape index (κ3) is 4.38. The summed E-state index contributed by atoms with van der Waals surface area (Å²) in [6, 6.07) is 13.8. The highest BCUT2D eigenvalue weighted by atomic mass is 16.5. The number of pyridine rings is 1. The number of aryl methyl sites for hydroxylation is 1. The minimum atomic E-state index is -1.44. The first-order valence-corrected chi connectivity index (χ1v) is 6.94. The second-order valence-corrected chi connectivity index (χ2v) is 4.79. The van der Waals surface area contributed by atoms with Gasteiger partial charge in [-0.05, 0) is 30.7 Å². The van der Waals surface area contributed by atoms with E-state index < -0.39 is 17.6 Å². The van der Waals surface area contributed by atoms with E-state index in [1.165, 1.54) is 6.20 Å². The zero-order valence-corrected chi connectivity index (χ0v) is 12.5. The number of Topliss-reactive ketones (excluding diaryl/α,β-unsaturated/α-hetero) is 1. The van der Waals surface area contributed by atoms with Gasteiger partial charge in [0.25, 0.3) is 5.91 Å². The Morgan fingerprint density at radius 1 is 1.26 bits per heavy atom. The number of carbonyl (C=O) groups excluding carboxylic acids is 2. The summed E-state index contributed by atoms with van der Waals surface area (Å²) in [6.45, 7) is 1.49. The minimum absolute atomic E-state index is 0.283. The van der Waals surface area contributed by atoms with E-state index in [1.54, 1.807) is 36.4 Å². The summed E-state index contributed by atoms with van der Waals surface area (Å²) in [5.41, 5.74) is 0.867. The van der Waals surface area contributed by atoms with Crippen molar-refractivity contribution in [1.82, 2.24) is 4.98 Å². The van der Waals surface area contributed by atoms with Gasteiger partial charge in [0.2, 0.25) is 0 Å². The van der Waals surface area contributed by atoms with Crippen LogP contribution in [0.5, 0.6) is 5.75 Å². The lowest BCUT2D eigenvalue weighted by Gasteiger charge is -2.11. The summed E-state index contributed by atoms with van der Waals surface area (Å²) in [5.74, 6) is -1.94. The number of anilines is 1. The average Bonchev–Trinajstić information content (AvgIpc) is 2.55. The number of benzene rings is 1. The molecule has 0 radical (unpaired) electrons. The van der Waals surface area contributed by atoms with Crippen molar-refractivity contribution < 1.29 is 14.3 Å². The number of hydrogen-bond donors (Lipinski definition) is 1. The molecule has 23 heavy (non-hydrogen) atoms. The van der Waals surface area contributed by atoms with Crippen LogP contribution in [0.1, 0.15) is 5.56 Å². The number of carbonyl (C=O) groups is 2. The number of nitrogens with zero attached hydrogens (tertiary/aromatic N) is 2. The lowest BCUT2D eigenvalue weighted by Crippen LogP contribution is -2.32. The fourth-order valence-corrected chi connectivity index (χ4v) is 1.86. The van der Waals surface area contributed by atoms with Gasteiger partial charge in [0, 0.05) is 6.20 Å². The number of nitrogens with one attached hydrogen (secondary N) is 1. The van der Waals surface area contributed by atoms with Crippen molar-refractivity contribution in [3.63, 3.8) is 0 Å². The van der Waals surface area contributed by atoms with Crippen molar-refractivity contribution in [3.05, 3.63) is 54.2 Å². The topological polar surface area (TPSA) is 92.1 Å². The molecule has 1 atom stereocenters. The molecule has 0 saturated heterocycles. The van der Waals surface area contributed by atoms with Crippen LogP contribution in [0.3, 0.4) is 0 Å². The highest BCUT2D eigenvalue weighted by Gasteiger charge is 2.27. The van der Waals surface area contributed by atoms with Gasteiger partial charge in [-0.3, -0.25) is 9.59 Å². The molecule has 0 bridgehead atoms. The number of aromatic nitrogens is 1. The average molecular weight is 309 g/mol. The molecule has 0 fully saturated rings. The molecule has 0 aliphatic rings. The maximum atomic E-state index is 12.1. The van der Waals surface area contributed by atoms with Crippen molar-refractivity contribution >= 4 is 17.5 Å². The van der Waals surface area contributed by atoms with Crippen LogP contribution in [0, 0.1) is 24.2 Å². The summed E-state index contributed by atoms with van der Waals surface area (Å²) in [6.07, 6.45) is 1.50. The third-order valence-corrected chi connectivity index (χ3v) is 3.09. The van der Waals surface area contributed by atoms with E-state index in [0.717, 1.165) is 5.56 Å². The summed E-state index contributed by atoms with van der Waals surface area (Å²) >= 11 is 0. The van der Waals surface area contributed by atoms with Gasteiger partial charge in [0.05, 0.1) is 6.07 Å². The van der Waals surface area contributed by atoms with Gasteiger partial charge in [-0.1, -0.05) is 24.3 Å². The molecule has 0 aliphatic carbocycles. The summed E-state index contributed by atoms with van der Waals surface area (Å²) < 4.78 is 5.39. The van der Waals surface area contributed by atoms with Crippen LogP contribution in [-0.4, -0.2) is 23.3 Å². The Kier molecular flexibility index (Phi) is 5.42. The quantitative estimate of drug-likeness (QED) is 0.825. The fraction of sp³-hybridized carbons (Fsp3) is 0.176. The standard InChI is InChI=1S/C17H15N3O3/c1-12-6-2-3-7-15(12)23-11-14(21)13(10-18)17(22)20-16-8-4-5-9-19-16/h2-9,13H,11H2,1H3,(H,19,20,22). The highest BCUT2D eigenvalue weighted by Crippen LogP contribution is 2.16. The lowest BCUT2D eigenvalue weighted by atomic mass is 10.1. The van der Waals surface area contributed by atoms with Gasteiger partial charge in [0.1, 0.15) is 18.2 Å². The van der Waals surface area contributed by atoms with E-state index in [0.29, 0.717) is 5.75 Å². The molecule has 2 rings (SSSR count). The molecule has 1 N–H and O–H groups in total. The molecule has 0 spiro atoms. The molecule has 1 heterocycles. The second kappa shape index (κ2) is 7.71. The predicted molar refractivity (Wildman–Crippen MR) is 83.7 cm³/mol. The maximum absolute atomic E-state index is 12.1. The van der Waals surface area contributed by atoms with Gasteiger partial charge in [0.15, 0.2) is 11.7 Å². The maximum Gasteiger partial charge on any atom is 0.250 e. The number of ether oxygens (including phenoxy) is 1. The SMILES string of the molecule is Cc1ccccc1OCC(=O)C(C#N)C(=O)Nc1ccccn1. The Morgan fingerprint density at radius 3 is 2.65 bits per heavy atom. The lowest BCUT2D eigenvalue weighted by molar-refractivity contribution is -0.130. The number of amides is 1. The molecule has 6 nitrogen and oxygen atoms in total. The Labute approximate surface area is 133 Å². The fourth-order valence-electron chi connectivity index (χ4n) is 1.86. The Bertz CT molecular complexity index is 738. The molecule has 1 amide bonds. The molecule has 0 aliphatic heterocycles. The third-order valence-electron chi connectivity index (χ3n) is 3.09. The predicted octanol–water partition coefficient (Wildman–Crippen LogP) is 2.12. The zero-order chi connectivity index (χ0) is 16.7. The van der Waals surface area contributed by atoms with E-state index in [4.69, 9.17) is 10.00 Å². The van der Waals surface area contributed by atoms with E-state index in [1.807, 2.05) is 19.1 Å². The summed E-state index contributed by atoms with van der Waals surface area (Å²) in [4.78, 5) is 28.0. The molecule has 116 valence electrons. The molecule has 1 aromatic carbocycles. The van der Waals surface area contributed by atoms with Gasteiger partial charge in [-0.2, -0.15) is 5.26 Å². The Morgan fingerprint density at radius 2 is 2.00 bits per heavy atom. The van der Waals surface area contributed by atoms with Crippen LogP contribution in [0.15, 0.2) is 48.7 Å². The summed E-state index contributed by atoms with van der Waals surface area (Å²) in [5, 5.41) is 11.5.